The van der Waals surface area contributed by atoms with E-state index in [1.165, 1.54) is 6.33 Å². The minimum Gasteiger partial charge on any atom is -0.383 e. The third-order valence-electron chi connectivity index (χ3n) is 7.24. The fourth-order valence-corrected chi connectivity index (χ4v) is 6.29. The van der Waals surface area contributed by atoms with E-state index in [4.69, 9.17) is 10.8 Å². The molecule has 1 amide bonds. The van der Waals surface area contributed by atoms with Gasteiger partial charge in [0, 0.05) is 31.3 Å². The Bertz CT molecular complexity index is 1430. The summed E-state index contributed by atoms with van der Waals surface area (Å²) in [6, 6.07) is 6.40. The van der Waals surface area contributed by atoms with E-state index in [1.54, 1.807) is 17.4 Å². The van der Waals surface area contributed by atoms with Gasteiger partial charge < -0.3 is 15.5 Å². The number of benzene rings is 1. The van der Waals surface area contributed by atoms with Crippen molar-refractivity contribution in [1.29, 1.82) is 0 Å². The van der Waals surface area contributed by atoms with Crippen LogP contribution in [0.2, 0.25) is 0 Å². The number of nitrogen functional groups attached to an aromatic ring is 1. The first-order valence-corrected chi connectivity index (χ1v) is 12.8. The van der Waals surface area contributed by atoms with Gasteiger partial charge in [0.1, 0.15) is 17.8 Å². The van der Waals surface area contributed by atoms with Crippen LogP contribution in [0.1, 0.15) is 18.9 Å². The molecular weight excluding hydrogens is 460 g/mol. The van der Waals surface area contributed by atoms with Crippen LogP contribution in [-0.4, -0.2) is 74.2 Å². The van der Waals surface area contributed by atoms with Gasteiger partial charge in [-0.3, -0.25) is 4.79 Å². The van der Waals surface area contributed by atoms with Crippen molar-refractivity contribution in [3.63, 3.8) is 0 Å². The van der Waals surface area contributed by atoms with Crippen molar-refractivity contribution < 1.29 is 4.79 Å². The smallest absolute Gasteiger partial charge is 0.246 e. The predicted molar refractivity (Wildman–Crippen MR) is 138 cm³/mol. The van der Waals surface area contributed by atoms with E-state index < -0.39 is 0 Å². The van der Waals surface area contributed by atoms with Crippen molar-refractivity contribution in [3.05, 3.63) is 42.2 Å². The van der Waals surface area contributed by atoms with E-state index in [9.17, 15) is 4.79 Å². The molecular formula is C25H28N8OS. The van der Waals surface area contributed by atoms with Crippen LogP contribution in [0, 0.1) is 11.8 Å². The van der Waals surface area contributed by atoms with Crippen LogP contribution in [0.25, 0.3) is 32.5 Å². The second-order valence-electron chi connectivity index (χ2n) is 9.84. The van der Waals surface area contributed by atoms with Gasteiger partial charge in [-0.1, -0.05) is 12.1 Å². The highest BCUT2D eigenvalue weighted by Gasteiger charge is 2.43. The average Bonchev–Trinajstić information content (AvgIpc) is 3.59. The number of hydrogen-bond acceptors (Lipinski definition) is 8. The lowest BCUT2D eigenvalue weighted by atomic mass is 10.0. The third kappa shape index (κ3) is 3.96. The molecule has 10 heteroatoms. The fourth-order valence-electron chi connectivity index (χ4n) is 5.57. The number of nitrogens with two attached hydrogens (primary N) is 1. The van der Waals surface area contributed by atoms with Crippen molar-refractivity contribution in [2.45, 2.75) is 18.9 Å². The molecule has 1 aliphatic carbocycles. The molecule has 1 aliphatic heterocycles. The first-order chi connectivity index (χ1) is 17.0. The summed E-state index contributed by atoms with van der Waals surface area (Å²) in [5, 5.41) is 5.86. The lowest BCUT2D eigenvalue weighted by Crippen LogP contribution is -2.28. The molecule has 0 spiro atoms. The second-order valence-corrected chi connectivity index (χ2v) is 10.7. The molecule has 2 N–H and O–H groups in total. The number of thiazole rings is 1. The quantitative estimate of drug-likeness (QED) is 0.430. The molecule has 2 fully saturated rings. The lowest BCUT2D eigenvalue weighted by Gasteiger charge is -2.18. The molecule has 4 heterocycles. The maximum Gasteiger partial charge on any atom is 0.246 e. The van der Waals surface area contributed by atoms with Crippen molar-refractivity contribution in [2.75, 3.05) is 39.5 Å². The lowest BCUT2D eigenvalue weighted by molar-refractivity contribution is -0.125. The third-order valence-corrected chi connectivity index (χ3v) is 8.03. The summed E-state index contributed by atoms with van der Waals surface area (Å²) in [6.45, 7) is 2.37. The molecule has 35 heavy (non-hydrogen) atoms. The molecule has 3 aromatic heterocycles. The number of carbonyl (C=O) groups is 1. The Hall–Kier alpha value is -3.37. The van der Waals surface area contributed by atoms with E-state index in [1.807, 2.05) is 47.6 Å². The number of aromatic nitrogens is 5. The minimum atomic E-state index is 0.114. The van der Waals surface area contributed by atoms with Crippen molar-refractivity contribution in [2.24, 2.45) is 11.8 Å². The fraction of sp³-hybridized carbons (Fsp3) is 0.400. The zero-order valence-corrected chi connectivity index (χ0v) is 20.6. The van der Waals surface area contributed by atoms with Crippen LogP contribution in [0.4, 0.5) is 5.82 Å². The first-order valence-electron chi connectivity index (χ1n) is 11.9. The number of hydrogen-bond donors (Lipinski definition) is 1. The van der Waals surface area contributed by atoms with Gasteiger partial charge in [-0.15, -0.1) is 11.3 Å². The molecule has 2 aliphatic rings. The maximum atomic E-state index is 12.6. The van der Waals surface area contributed by atoms with Crippen LogP contribution in [-0.2, 0) is 4.79 Å². The van der Waals surface area contributed by atoms with Crippen LogP contribution in [0.3, 0.4) is 0 Å². The molecule has 2 atom stereocenters. The molecule has 1 aromatic carbocycles. The van der Waals surface area contributed by atoms with Crippen LogP contribution >= 0.6 is 11.3 Å². The first kappa shape index (κ1) is 22.1. The number of likely N-dealkylation sites (tertiary alicyclic amines) is 1. The molecule has 1 saturated carbocycles. The average molecular weight is 489 g/mol. The summed E-state index contributed by atoms with van der Waals surface area (Å²) in [6.07, 6.45) is 7.12. The summed E-state index contributed by atoms with van der Waals surface area (Å²) >= 11 is 1.61. The summed E-state index contributed by atoms with van der Waals surface area (Å²) in [5.74, 6) is 1.51. The number of likely N-dealkylation sites (N-methyl/N-ethyl adjacent to an activating group) is 1. The molecule has 180 valence electrons. The number of fused-ring (bicyclic) bond motifs is 3. The van der Waals surface area contributed by atoms with Gasteiger partial charge in [-0.05, 0) is 50.9 Å². The van der Waals surface area contributed by atoms with Crippen LogP contribution < -0.4 is 5.73 Å². The Morgan fingerprint density at radius 3 is 2.77 bits per heavy atom. The van der Waals surface area contributed by atoms with Gasteiger partial charge in [0.05, 0.1) is 27.2 Å². The Morgan fingerprint density at radius 2 is 2.00 bits per heavy atom. The normalized spacial score (nSPS) is 22.3. The van der Waals surface area contributed by atoms with Crippen LogP contribution in [0.5, 0.6) is 0 Å². The van der Waals surface area contributed by atoms with E-state index in [-0.39, 0.29) is 11.9 Å². The summed E-state index contributed by atoms with van der Waals surface area (Å²) < 4.78 is 3.17. The molecule has 4 aromatic rings. The summed E-state index contributed by atoms with van der Waals surface area (Å²) in [4.78, 5) is 29.9. The summed E-state index contributed by atoms with van der Waals surface area (Å²) in [7, 11) is 3.99. The van der Waals surface area contributed by atoms with E-state index in [2.05, 4.69) is 25.7 Å². The highest BCUT2D eigenvalue weighted by atomic mass is 32.1. The number of amides is 1. The van der Waals surface area contributed by atoms with E-state index in [0.29, 0.717) is 17.7 Å². The van der Waals surface area contributed by atoms with Crippen molar-refractivity contribution in [1.82, 2.24) is 34.5 Å². The zero-order chi connectivity index (χ0) is 24.1. The zero-order valence-electron chi connectivity index (χ0n) is 19.8. The van der Waals surface area contributed by atoms with Gasteiger partial charge in [0.15, 0.2) is 5.65 Å². The molecule has 1 saturated heterocycles. The molecule has 6 rings (SSSR count). The monoisotopic (exact) mass is 488 g/mol. The second kappa shape index (κ2) is 8.69. The Kier molecular flexibility index (Phi) is 5.49. The topological polar surface area (TPSA) is 106 Å². The van der Waals surface area contributed by atoms with Gasteiger partial charge in [-0.25, -0.2) is 19.6 Å². The SMILES string of the molecule is CN(C)CC=CC(=O)N1CC2CC(n3nc(-c4ccc5ncsc5c4)c4c(N)ncnc43)CC2C1. The number of rotatable bonds is 5. The van der Waals surface area contributed by atoms with Gasteiger partial charge in [0.25, 0.3) is 0 Å². The highest BCUT2D eigenvalue weighted by Crippen LogP contribution is 2.45. The molecule has 0 bridgehead atoms. The van der Waals surface area contributed by atoms with E-state index in [0.717, 1.165) is 65.0 Å². The van der Waals surface area contributed by atoms with Crippen molar-refractivity contribution >= 4 is 44.3 Å². The maximum absolute atomic E-state index is 12.6. The Balaban J connectivity index is 1.26. The minimum absolute atomic E-state index is 0.114. The number of carbonyl (C=O) groups excluding carboxylic acids is 1. The van der Waals surface area contributed by atoms with Crippen LogP contribution in [0.15, 0.2) is 42.2 Å². The highest BCUT2D eigenvalue weighted by molar-refractivity contribution is 7.16. The van der Waals surface area contributed by atoms with E-state index >= 15 is 0 Å². The molecule has 0 radical (unpaired) electrons. The predicted octanol–water partition coefficient (Wildman–Crippen LogP) is 3.21. The molecule has 2 unspecified atom stereocenters. The Labute approximate surface area is 207 Å². The van der Waals surface area contributed by atoms with Gasteiger partial charge in [-0.2, -0.15) is 5.10 Å². The summed E-state index contributed by atoms with van der Waals surface area (Å²) in [5.41, 5.74) is 11.7. The largest absolute Gasteiger partial charge is 0.383 e. The van der Waals surface area contributed by atoms with Gasteiger partial charge >= 0.3 is 0 Å². The number of anilines is 1. The standard InChI is InChI=1S/C25H28N8OS/c1-31(2)7-3-4-21(34)32-11-16-8-18(9-17(16)12-32)33-25-22(24(26)27-13-28-25)23(30-33)15-5-6-19-20(10-15)35-14-29-19/h3-6,10,13-14,16-18H,7-9,11-12H2,1-2H3,(H2,26,27,28). The van der Waals surface area contributed by atoms with Crippen molar-refractivity contribution in [3.8, 4) is 11.3 Å². The number of nitrogens with zero attached hydrogens (tertiary/aromatic N) is 7. The Morgan fingerprint density at radius 1 is 1.20 bits per heavy atom. The molecule has 9 nitrogen and oxygen atoms in total. The van der Waals surface area contributed by atoms with Gasteiger partial charge in [0.2, 0.25) is 5.91 Å².